The zero-order chi connectivity index (χ0) is 16.5. The third-order valence-corrected chi connectivity index (χ3v) is 5.37. The van der Waals surface area contributed by atoms with Crippen molar-refractivity contribution in [3.63, 3.8) is 0 Å². The number of halogens is 2. The molecule has 4 rings (SSSR count). The van der Waals surface area contributed by atoms with Crippen LogP contribution in [0.25, 0.3) is 21.8 Å². The number of hydrogen-bond acceptors (Lipinski definition) is 0. The summed E-state index contributed by atoms with van der Waals surface area (Å²) in [6, 6.07) is 23.9. The summed E-state index contributed by atoms with van der Waals surface area (Å²) in [5.74, 6) is 0. The molecule has 0 amide bonds. The molecule has 0 aliphatic rings. The van der Waals surface area contributed by atoms with E-state index in [0.29, 0.717) is 0 Å². The molecule has 0 spiro atoms. The van der Waals surface area contributed by atoms with Gasteiger partial charge >= 0.3 is 0 Å². The molecule has 0 radical (unpaired) electrons. The van der Waals surface area contributed by atoms with E-state index in [-0.39, 0.29) is 0 Å². The van der Waals surface area contributed by atoms with E-state index in [4.69, 9.17) is 0 Å². The summed E-state index contributed by atoms with van der Waals surface area (Å²) in [5.41, 5.74) is 4.01. The minimum absolute atomic E-state index is 1.03. The van der Waals surface area contributed by atoms with Gasteiger partial charge in [0.1, 0.15) is 0 Å². The first-order valence-electron chi connectivity index (χ1n) is 8.13. The number of rotatable bonds is 4. The van der Waals surface area contributed by atoms with Gasteiger partial charge in [-0.3, -0.25) is 0 Å². The van der Waals surface area contributed by atoms with Crippen molar-refractivity contribution in [3.05, 3.63) is 81.2 Å². The smallest absolute Gasteiger partial charge is 0.0491 e. The van der Waals surface area contributed by atoms with E-state index in [9.17, 15) is 0 Å². The molecule has 0 N–H and O–H groups in total. The van der Waals surface area contributed by atoms with Crippen LogP contribution < -0.4 is 0 Å². The molecule has 4 aromatic rings. The van der Waals surface area contributed by atoms with E-state index in [0.717, 1.165) is 28.3 Å². The molecule has 0 fully saturated rings. The molecule has 0 saturated heterocycles. The molecular weight excluding hydrogens is 426 g/mol. The summed E-state index contributed by atoms with van der Waals surface area (Å²) < 4.78 is 4.71. The first-order valence-corrected chi connectivity index (χ1v) is 9.72. The zero-order valence-electron chi connectivity index (χ0n) is 13.2. The Morgan fingerprint density at radius 2 is 1.25 bits per heavy atom. The van der Waals surface area contributed by atoms with Crippen molar-refractivity contribution in [1.29, 1.82) is 0 Å². The van der Waals surface area contributed by atoms with Crippen LogP contribution in [-0.4, -0.2) is 4.57 Å². The fraction of sp³-hybridized carbons (Fsp3) is 0.143. The van der Waals surface area contributed by atoms with E-state index in [1.54, 1.807) is 0 Å². The van der Waals surface area contributed by atoms with Crippen LogP contribution >= 0.6 is 31.9 Å². The van der Waals surface area contributed by atoms with Gasteiger partial charge in [-0.15, -0.1) is 0 Å². The molecule has 1 nitrogen and oxygen atoms in total. The van der Waals surface area contributed by atoms with Gasteiger partial charge in [0.05, 0.1) is 0 Å². The van der Waals surface area contributed by atoms with Gasteiger partial charge in [0.25, 0.3) is 0 Å². The van der Waals surface area contributed by atoms with Crippen LogP contribution in [-0.2, 0) is 13.0 Å². The Labute approximate surface area is 158 Å². The molecule has 1 heterocycles. The quantitative estimate of drug-likeness (QED) is 0.322. The van der Waals surface area contributed by atoms with E-state index < -0.39 is 0 Å². The second-order valence-electron chi connectivity index (χ2n) is 6.07. The molecule has 120 valence electrons. The molecule has 1 aromatic heterocycles. The van der Waals surface area contributed by atoms with Gasteiger partial charge in [-0.05, 0) is 48.7 Å². The van der Waals surface area contributed by atoms with E-state index in [2.05, 4.69) is 103 Å². The highest BCUT2D eigenvalue weighted by Gasteiger charge is 2.09. The van der Waals surface area contributed by atoms with Crippen molar-refractivity contribution in [2.24, 2.45) is 0 Å². The predicted molar refractivity (Wildman–Crippen MR) is 110 cm³/mol. The number of para-hydroxylation sites is 2. The van der Waals surface area contributed by atoms with Crippen LogP contribution in [0.3, 0.4) is 0 Å². The monoisotopic (exact) mass is 441 g/mol. The van der Waals surface area contributed by atoms with E-state index in [1.165, 1.54) is 27.4 Å². The largest absolute Gasteiger partial charge is 0.340 e. The molecular formula is C21H17Br2N. The minimum Gasteiger partial charge on any atom is -0.340 e. The van der Waals surface area contributed by atoms with Gasteiger partial charge in [-0.2, -0.15) is 0 Å². The van der Waals surface area contributed by atoms with Crippen molar-refractivity contribution in [2.75, 3.05) is 0 Å². The van der Waals surface area contributed by atoms with Gasteiger partial charge < -0.3 is 4.57 Å². The lowest BCUT2D eigenvalue weighted by Crippen LogP contribution is -1.99. The minimum atomic E-state index is 1.03. The van der Waals surface area contributed by atoms with Crippen LogP contribution in [0.4, 0.5) is 0 Å². The predicted octanol–water partition coefficient (Wildman–Crippen LogP) is 6.95. The van der Waals surface area contributed by atoms with Crippen LogP contribution in [0.15, 0.2) is 75.7 Å². The number of hydrogen-bond donors (Lipinski definition) is 0. The summed E-state index contributed by atoms with van der Waals surface area (Å²) in [5, 5.41) is 2.69. The number of aromatic nitrogens is 1. The summed E-state index contributed by atoms with van der Waals surface area (Å²) in [6.07, 6.45) is 2.18. The van der Waals surface area contributed by atoms with E-state index in [1.807, 2.05) is 0 Å². The molecule has 0 bridgehead atoms. The maximum absolute atomic E-state index is 3.57. The normalized spacial score (nSPS) is 11.4. The topological polar surface area (TPSA) is 4.93 Å². The first kappa shape index (κ1) is 15.9. The summed E-state index contributed by atoms with van der Waals surface area (Å²) in [4.78, 5) is 0. The third-order valence-electron chi connectivity index (χ3n) is 4.45. The van der Waals surface area contributed by atoms with E-state index >= 15 is 0 Å². The Balaban J connectivity index is 1.64. The second kappa shape index (κ2) is 6.73. The fourth-order valence-corrected chi connectivity index (χ4v) is 4.83. The lowest BCUT2D eigenvalue weighted by molar-refractivity contribution is 0.677. The average molecular weight is 443 g/mol. The highest BCUT2D eigenvalue weighted by atomic mass is 79.9. The maximum atomic E-state index is 3.57. The van der Waals surface area contributed by atoms with Crippen LogP contribution in [0, 0.1) is 0 Å². The van der Waals surface area contributed by atoms with Gasteiger partial charge in [-0.25, -0.2) is 0 Å². The van der Waals surface area contributed by atoms with Crippen molar-refractivity contribution >= 4 is 53.7 Å². The molecule has 0 aliphatic heterocycles. The molecule has 0 atom stereocenters. The van der Waals surface area contributed by atoms with Crippen molar-refractivity contribution in [1.82, 2.24) is 4.57 Å². The Kier molecular flexibility index (Phi) is 4.47. The van der Waals surface area contributed by atoms with Gasteiger partial charge in [0.15, 0.2) is 0 Å². The Hall–Kier alpha value is -1.58. The SMILES string of the molecule is Brc1cc(Br)cc(CCCn2c3ccccc3c3ccccc32)c1. The molecule has 0 aliphatic carbocycles. The van der Waals surface area contributed by atoms with Crippen molar-refractivity contribution < 1.29 is 0 Å². The van der Waals surface area contributed by atoms with Crippen LogP contribution in [0.2, 0.25) is 0 Å². The van der Waals surface area contributed by atoms with Gasteiger partial charge in [0, 0.05) is 37.3 Å². The van der Waals surface area contributed by atoms with Crippen molar-refractivity contribution in [3.8, 4) is 0 Å². The number of nitrogens with zero attached hydrogens (tertiary/aromatic N) is 1. The molecule has 0 saturated carbocycles. The summed E-state index contributed by atoms with van der Waals surface area (Å²) in [7, 11) is 0. The van der Waals surface area contributed by atoms with Gasteiger partial charge in [0.2, 0.25) is 0 Å². The first-order chi connectivity index (χ1) is 11.7. The fourth-order valence-electron chi connectivity index (χ4n) is 3.44. The number of fused-ring (bicyclic) bond motifs is 3. The number of aryl methyl sites for hydroxylation is 2. The lowest BCUT2D eigenvalue weighted by atomic mass is 10.1. The second-order valence-corrected chi connectivity index (χ2v) is 7.90. The summed E-state index contributed by atoms with van der Waals surface area (Å²) in [6.45, 7) is 1.03. The Bertz CT molecular complexity index is 943. The average Bonchev–Trinajstić information content (AvgIpc) is 2.89. The highest BCUT2D eigenvalue weighted by Crippen LogP contribution is 2.29. The van der Waals surface area contributed by atoms with Gasteiger partial charge in [-0.1, -0.05) is 68.3 Å². The summed E-state index contributed by atoms with van der Waals surface area (Å²) >= 11 is 7.15. The third kappa shape index (κ3) is 3.03. The molecule has 3 aromatic carbocycles. The maximum Gasteiger partial charge on any atom is 0.0491 e. The molecule has 3 heteroatoms. The molecule has 0 unspecified atom stereocenters. The zero-order valence-corrected chi connectivity index (χ0v) is 16.3. The standard InChI is InChI=1S/C21H17Br2N/c22-16-12-15(13-17(23)14-16)6-5-11-24-20-9-3-1-7-18(20)19-8-2-4-10-21(19)24/h1-4,7-10,12-14H,5-6,11H2. The highest BCUT2D eigenvalue weighted by molar-refractivity contribution is 9.11. The number of benzene rings is 3. The molecule has 24 heavy (non-hydrogen) atoms. The van der Waals surface area contributed by atoms with Crippen molar-refractivity contribution in [2.45, 2.75) is 19.4 Å². The Morgan fingerprint density at radius 1 is 0.708 bits per heavy atom. The van der Waals surface area contributed by atoms with Crippen LogP contribution in [0.5, 0.6) is 0 Å². The lowest BCUT2D eigenvalue weighted by Gasteiger charge is -2.08. The van der Waals surface area contributed by atoms with Crippen LogP contribution in [0.1, 0.15) is 12.0 Å². The Morgan fingerprint density at radius 3 is 1.83 bits per heavy atom.